The van der Waals surface area contributed by atoms with Crippen molar-refractivity contribution in [3.8, 4) is 0 Å². The number of aliphatic hydroxyl groups excluding tert-OH is 2. The van der Waals surface area contributed by atoms with Crippen molar-refractivity contribution in [1.82, 2.24) is 0 Å². The van der Waals surface area contributed by atoms with Gasteiger partial charge in [0.1, 0.15) is 12.8 Å². The quantitative estimate of drug-likeness (QED) is 0.668. The van der Waals surface area contributed by atoms with Gasteiger partial charge in [-0.2, -0.15) is 0 Å². The minimum atomic E-state index is -1.29. The minimum absolute atomic E-state index is 0.000974. The Labute approximate surface area is 178 Å². The molecule has 168 valence electrons. The molecule has 0 amide bonds. The third-order valence-electron chi connectivity index (χ3n) is 9.48. The summed E-state index contributed by atoms with van der Waals surface area (Å²) < 4.78 is 28.0. The van der Waals surface area contributed by atoms with E-state index < -0.39 is 41.8 Å². The van der Waals surface area contributed by atoms with Gasteiger partial charge in [-0.25, -0.2) is 4.39 Å². The van der Waals surface area contributed by atoms with E-state index in [2.05, 4.69) is 13.0 Å². The fraction of sp³-hybridized carbons (Fsp3) is 0.875. The molecule has 6 heteroatoms. The Bertz CT molecular complexity index is 794. The van der Waals surface area contributed by atoms with Crippen LogP contribution >= 0.6 is 0 Å². The summed E-state index contributed by atoms with van der Waals surface area (Å²) >= 11 is 0. The van der Waals surface area contributed by atoms with Gasteiger partial charge in [-0.1, -0.05) is 19.9 Å². The molecule has 5 rings (SSSR count). The molecule has 0 unspecified atom stereocenters. The van der Waals surface area contributed by atoms with E-state index in [4.69, 9.17) is 9.47 Å². The van der Waals surface area contributed by atoms with Crippen molar-refractivity contribution in [1.29, 1.82) is 0 Å². The number of ketones is 1. The van der Waals surface area contributed by atoms with E-state index in [1.807, 2.05) is 6.92 Å². The van der Waals surface area contributed by atoms with Crippen molar-refractivity contribution in [2.45, 2.75) is 96.0 Å². The molecule has 1 heterocycles. The van der Waals surface area contributed by atoms with Crippen molar-refractivity contribution in [2.75, 3.05) is 6.61 Å². The topological polar surface area (TPSA) is 76.0 Å². The van der Waals surface area contributed by atoms with Crippen molar-refractivity contribution >= 4 is 5.78 Å². The second-order valence-electron chi connectivity index (χ2n) is 11.3. The van der Waals surface area contributed by atoms with Crippen LogP contribution < -0.4 is 0 Å². The number of hydrogen-bond acceptors (Lipinski definition) is 5. The number of aliphatic hydroxyl groups is 2. The summed E-state index contributed by atoms with van der Waals surface area (Å²) in [5.74, 6) is -1.39. The maximum atomic E-state index is 15.5. The Balaban J connectivity index is 1.61. The monoisotopic (exact) mass is 422 g/mol. The molecule has 1 aliphatic heterocycles. The molecule has 30 heavy (non-hydrogen) atoms. The highest BCUT2D eigenvalue weighted by atomic mass is 19.1. The first-order chi connectivity index (χ1) is 14.0. The van der Waals surface area contributed by atoms with Gasteiger partial charge >= 0.3 is 0 Å². The lowest BCUT2D eigenvalue weighted by Gasteiger charge is -2.61. The molecular weight excluding hydrogens is 387 g/mol. The van der Waals surface area contributed by atoms with Crippen molar-refractivity contribution in [3.63, 3.8) is 0 Å². The first kappa shape index (κ1) is 21.0. The van der Waals surface area contributed by atoms with E-state index in [0.29, 0.717) is 19.3 Å². The third-order valence-corrected chi connectivity index (χ3v) is 9.48. The van der Waals surface area contributed by atoms with Gasteiger partial charge in [-0.15, -0.1) is 0 Å². The molecule has 9 atom stereocenters. The zero-order chi connectivity index (χ0) is 21.7. The van der Waals surface area contributed by atoms with Crippen LogP contribution in [0.15, 0.2) is 11.6 Å². The summed E-state index contributed by atoms with van der Waals surface area (Å²) in [5, 5.41) is 21.3. The SMILES string of the molecule is CC1(C)O[C@@H]2C[C@H]3[C@@H]4C[C@H](F)C5=CCCC[C@]5(C)[C@H]4[C@@H](O)C[C@]3(C)[C@]2(C(=O)CO)O1. The predicted molar refractivity (Wildman–Crippen MR) is 108 cm³/mol. The van der Waals surface area contributed by atoms with E-state index in [1.165, 1.54) is 0 Å². The van der Waals surface area contributed by atoms with E-state index in [0.717, 1.165) is 24.8 Å². The molecule has 5 aliphatic rings. The van der Waals surface area contributed by atoms with Crippen LogP contribution in [0.2, 0.25) is 0 Å². The first-order valence-electron chi connectivity index (χ1n) is 11.5. The molecule has 1 saturated heterocycles. The van der Waals surface area contributed by atoms with Crippen LogP contribution in [-0.2, 0) is 14.3 Å². The number of rotatable bonds is 2. The third kappa shape index (κ3) is 2.40. The molecule has 0 spiro atoms. The largest absolute Gasteiger partial charge is 0.393 e. The summed E-state index contributed by atoms with van der Waals surface area (Å²) in [4.78, 5) is 13.2. The van der Waals surface area contributed by atoms with Gasteiger partial charge in [0, 0.05) is 5.41 Å². The van der Waals surface area contributed by atoms with Gasteiger partial charge in [-0.05, 0) is 81.1 Å². The molecule has 3 saturated carbocycles. The lowest BCUT2D eigenvalue weighted by Crippen LogP contribution is -2.64. The zero-order valence-electron chi connectivity index (χ0n) is 18.5. The highest BCUT2D eigenvalue weighted by Crippen LogP contribution is 2.70. The minimum Gasteiger partial charge on any atom is -0.393 e. The summed E-state index contributed by atoms with van der Waals surface area (Å²) in [5.41, 5.74) is -1.46. The molecule has 4 aliphatic carbocycles. The predicted octanol–water partition coefficient (Wildman–Crippen LogP) is 3.32. The molecule has 4 fully saturated rings. The number of halogens is 1. The van der Waals surface area contributed by atoms with Gasteiger partial charge < -0.3 is 19.7 Å². The molecule has 2 N–H and O–H groups in total. The Hall–Kier alpha value is -0.820. The molecule has 0 aromatic carbocycles. The van der Waals surface area contributed by atoms with E-state index in [1.54, 1.807) is 13.8 Å². The number of carbonyl (C=O) groups is 1. The molecule has 0 aromatic heterocycles. The van der Waals surface area contributed by atoms with E-state index in [-0.39, 0.29) is 29.0 Å². The molecule has 5 nitrogen and oxygen atoms in total. The fourth-order valence-electron chi connectivity index (χ4n) is 8.61. The average molecular weight is 423 g/mol. The second kappa shape index (κ2) is 6.37. The van der Waals surface area contributed by atoms with Crippen LogP contribution in [-0.4, -0.2) is 52.4 Å². The Kier molecular flexibility index (Phi) is 4.47. The van der Waals surface area contributed by atoms with Gasteiger partial charge in [0.25, 0.3) is 0 Å². The lowest BCUT2D eigenvalue weighted by molar-refractivity contribution is -0.228. The Morgan fingerprint density at radius 2 is 2.00 bits per heavy atom. The maximum absolute atomic E-state index is 15.5. The Morgan fingerprint density at radius 3 is 2.70 bits per heavy atom. The normalized spacial score (nSPS) is 53.9. The van der Waals surface area contributed by atoms with Crippen molar-refractivity contribution in [3.05, 3.63) is 11.6 Å². The number of Topliss-reactive ketones (excluding diaryl/α,β-unsaturated/α-hetero) is 1. The highest BCUT2D eigenvalue weighted by Gasteiger charge is 2.77. The molecule has 0 aromatic rings. The van der Waals surface area contributed by atoms with Crippen LogP contribution in [0.25, 0.3) is 0 Å². The number of alkyl halides is 1. The van der Waals surface area contributed by atoms with Crippen molar-refractivity contribution in [2.24, 2.45) is 28.6 Å². The summed E-state index contributed by atoms with van der Waals surface area (Å²) in [6, 6.07) is 0. The van der Waals surface area contributed by atoms with Crippen LogP contribution in [0.5, 0.6) is 0 Å². The second-order valence-corrected chi connectivity index (χ2v) is 11.3. The number of hydrogen-bond donors (Lipinski definition) is 2. The smallest absolute Gasteiger partial charge is 0.193 e. The van der Waals surface area contributed by atoms with Gasteiger partial charge in [0.15, 0.2) is 17.2 Å². The summed E-state index contributed by atoms with van der Waals surface area (Å²) in [7, 11) is 0. The molecule has 0 bridgehead atoms. The maximum Gasteiger partial charge on any atom is 0.193 e. The zero-order valence-corrected chi connectivity index (χ0v) is 18.5. The average Bonchev–Trinajstić information content (AvgIpc) is 3.07. The van der Waals surface area contributed by atoms with Crippen LogP contribution in [0.1, 0.15) is 66.2 Å². The van der Waals surface area contributed by atoms with Gasteiger partial charge in [0.2, 0.25) is 0 Å². The van der Waals surface area contributed by atoms with Gasteiger partial charge in [0.05, 0.1) is 12.2 Å². The van der Waals surface area contributed by atoms with Crippen LogP contribution in [0.4, 0.5) is 4.39 Å². The highest BCUT2D eigenvalue weighted by molar-refractivity contribution is 5.91. The number of ether oxygens (including phenoxy) is 2. The number of fused-ring (bicyclic) bond motifs is 7. The first-order valence-corrected chi connectivity index (χ1v) is 11.5. The van der Waals surface area contributed by atoms with Crippen LogP contribution in [0, 0.1) is 28.6 Å². The molecular formula is C24H35FO5. The van der Waals surface area contributed by atoms with E-state index >= 15 is 4.39 Å². The summed E-state index contributed by atoms with van der Waals surface area (Å²) in [6.07, 6.45) is 4.13. The van der Waals surface area contributed by atoms with Crippen LogP contribution in [0.3, 0.4) is 0 Å². The van der Waals surface area contributed by atoms with Gasteiger partial charge in [-0.3, -0.25) is 4.79 Å². The standard InChI is InChI=1S/C24H35FO5/c1-21(2)29-19-10-15-13-9-16(25)14-7-5-6-8-22(14,3)20(13)17(27)11-23(15,4)24(19,30-21)18(28)12-26/h7,13,15-17,19-20,26-27H,5-6,8-12H2,1-4H3/t13-,15-,16-,17-,19+,20+,22-,23-,24+/m0/s1. The fourth-order valence-corrected chi connectivity index (χ4v) is 8.61. The Morgan fingerprint density at radius 1 is 1.27 bits per heavy atom. The van der Waals surface area contributed by atoms with E-state index in [9.17, 15) is 15.0 Å². The molecule has 0 radical (unpaired) electrons. The van der Waals surface area contributed by atoms with Crippen molar-refractivity contribution < 1.29 is 28.9 Å². The number of allylic oxidation sites excluding steroid dienone is 2. The summed E-state index contributed by atoms with van der Waals surface area (Å²) in [6.45, 7) is 7.08. The lowest BCUT2D eigenvalue weighted by atomic mass is 9.45. The number of carbonyl (C=O) groups excluding carboxylic acids is 1.